The Morgan fingerprint density at radius 3 is 2.17 bits per heavy atom. The maximum atomic E-state index is 9.10. The van der Waals surface area contributed by atoms with Crippen molar-refractivity contribution in [2.45, 2.75) is 26.3 Å². The first-order valence-electron chi connectivity index (χ1n) is 7.85. The summed E-state index contributed by atoms with van der Waals surface area (Å²) >= 11 is 0. The van der Waals surface area contributed by atoms with Gasteiger partial charge in [-0.15, -0.1) is 0 Å². The van der Waals surface area contributed by atoms with Gasteiger partial charge in [0.15, 0.2) is 0 Å². The Kier molecular flexibility index (Phi) is 7.71. The average Bonchev–Trinajstić information content (AvgIpc) is 2.59. The van der Waals surface area contributed by atoms with Crippen LogP contribution in [-0.2, 0) is 9.59 Å². The smallest absolute Gasteiger partial charge is 0.414 e. The second kappa shape index (κ2) is 9.52. The normalized spacial score (nSPS) is 11.3. The molecule has 0 saturated carbocycles. The summed E-state index contributed by atoms with van der Waals surface area (Å²) in [7, 11) is 0. The zero-order valence-electron chi connectivity index (χ0n) is 14.0. The first kappa shape index (κ1) is 19.4. The predicted octanol–water partition coefficient (Wildman–Crippen LogP) is 2.56. The van der Waals surface area contributed by atoms with Crippen molar-refractivity contribution in [3.63, 3.8) is 0 Å². The summed E-state index contributed by atoms with van der Waals surface area (Å²) in [4.78, 5) is 20.6. The second-order valence-corrected chi connectivity index (χ2v) is 5.32. The Bertz CT molecular complexity index is 670. The highest BCUT2D eigenvalue weighted by Gasteiger charge is 2.11. The van der Waals surface area contributed by atoms with Crippen LogP contribution >= 0.6 is 0 Å². The maximum Gasteiger partial charge on any atom is 0.414 e. The number of carboxylic acid groups (broad SMARTS) is 2. The standard InChI is InChI=1S/C16H22N2.C2H2O4/c1-3-14(17)12-18(4-2)16-11-7-9-13-8-5-6-10-15(13)16;3-1(4)2(5)6/h5-11,14H,3-4,12,17H2,1-2H3;(H,3,4)(H,5,6). The van der Waals surface area contributed by atoms with Crippen molar-refractivity contribution >= 4 is 28.4 Å². The van der Waals surface area contributed by atoms with Crippen LogP contribution in [-0.4, -0.2) is 41.3 Å². The van der Waals surface area contributed by atoms with Gasteiger partial charge in [-0.3, -0.25) is 0 Å². The van der Waals surface area contributed by atoms with Crippen LogP contribution in [0.4, 0.5) is 5.69 Å². The molecule has 6 nitrogen and oxygen atoms in total. The molecule has 4 N–H and O–H groups in total. The molecule has 24 heavy (non-hydrogen) atoms. The second-order valence-electron chi connectivity index (χ2n) is 5.32. The summed E-state index contributed by atoms with van der Waals surface area (Å²) in [5, 5.41) is 17.4. The Hall–Kier alpha value is -2.60. The summed E-state index contributed by atoms with van der Waals surface area (Å²) < 4.78 is 0. The van der Waals surface area contributed by atoms with E-state index < -0.39 is 11.9 Å². The highest BCUT2D eigenvalue weighted by Crippen LogP contribution is 2.26. The molecule has 0 aliphatic heterocycles. The molecule has 0 saturated heterocycles. The molecular weight excluding hydrogens is 308 g/mol. The minimum absolute atomic E-state index is 0.240. The number of aliphatic carboxylic acids is 2. The number of hydrogen-bond acceptors (Lipinski definition) is 4. The van der Waals surface area contributed by atoms with Gasteiger partial charge in [-0.2, -0.15) is 0 Å². The van der Waals surface area contributed by atoms with Gasteiger partial charge in [0.25, 0.3) is 0 Å². The number of nitrogens with zero attached hydrogens (tertiary/aromatic N) is 1. The van der Waals surface area contributed by atoms with Gasteiger partial charge >= 0.3 is 11.9 Å². The van der Waals surface area contributed by atoms with E-state index in [0.29, 0.717) is 0 Å². The van der Waals surface area contributed by atoms with Crippen LogP contribution in [0.3, 0.4) is 0 Å². The van der Waals surface area contributed by atoms with Gasteiger partial charge in [-0.1, -0.05) is 43.3 Å². The lowest BCUT2D eigenvalue weighted by Gasteiger charge is -2.27. The minimum Gasteiger partial charge on any atom is -0.473 e. The SMILES string of the molecule is CCC(N)CN(CC)c1cccc2ccccc12.O=C(O)C(=O)O. The molecule has 1 atom stereocenters. The fraction of sp³-hybridized carbons (Fsp3) is 0.333. The fourth-order valence-corrected chi connectivity index (χ4v) is 2.29. The molecule has 0 heterocycles. The largest absolute Gasteiger partial charge is 0.473 e. The third-order valence-corrected chi connectivity index (χ3v) is 3.65. The molecule has 0 radical (unpaired) electrons. The molecule has 0 aliphatic rings. The van der Waals surface area contributed by atoms with Gasteiger partial charge in [0.05, 0.1) is 0 Å². The number of nitrogens with two attached hydrogens (primary N) is 1. The summed E-state index contributed by atoms with van der Waals surface area (Å²) in [5.74, 6) is -3.65. The lowest BCUT2D eigenvalue weighted by molar-refractivity contribution is -0.159. The van der Waals surface area contributed by atoms with Gasteiger partial charge in [0, 0.05) is 30.2 Å². The fourth-order valence-electron chi connectivity index (χ4n) is 2.29. The molecule has 0 amide bonds. The predicted molar refractivity (Wildman–Crippen MR) is 95.4 cm³/mol. The minimum atomic E-state index is -1.82. The Morgan fingerprint density at radius 2 is 1.62 bits per heavy atom. The monoisotopic (exact) mass is 332 g/mol. The van der Waals surface area contributed by atoms with Gasteiger partial charge in [-0.25, -0.2) is 9.59 Å². The Morgan fingerprint density at radius 1 is 1.04 bits per heavy atom. The third-order valence-electron chi connectivity index (χ3n) is 3.65. The number of anilines is 1. The lowest BCUT2D eigenvalue weighted by atomic mass is 10.1. The van der Waals surface area contributed by atoms with E-state index in [2.05, 4.69) is 61.2 Å². The number of carbonyl (C=O) groups is 2. The number of likely N-dealkylation sites (N-methyl/N-ethyl adjacent to an activating group) is 1. The third kappa shape index (κ3) is 5.55. The molecule has 6 heteroatoms. The molecule has 0 bridgehead atoms. The van der Waals surface area contributed by atoms with Crippen molar-refractivity contribution < 1.29 is 19.8 Å². The van der Waals surface area contributed by atoms with Crippen LogP contribution in [0.15, 0.2) is 42.5 Å². The van der Waals surface area contributed by atoms with Crippen molar-refractivity contribution in [3.8, 4) is 0 Å². The van der Waals surface area contributed by atoms with Crippen LogP contribution in [0.25, 0.3) is 10.8 Å². The number of hydrogen-bond donors (Lipinski definition) is 3. The number of fused-ring (bicyclic) bond motifs is 1. The van der Waals surface area contributed by atoms with E-state index in [4.69, 9.17) is 25.5 Å². The van der Waals surface area contributed by atoms with E-state index in [9.17, 15) is 0 Å². The van der Waals surface area contributed by atoms with Crippen molar-refractivity contribution in [2.24, 2.45) is 5.73 Å². The molecule has 1 unspecified atom stereocenters. The highest BCUT2D eigenvalue weighted by molar-refractivity contribution is 6.27. The molecule has 0 aromatic heterocycles. The van der Waals surface area contributed by atoms with Crippen molar-refractivity contribution in [2.75, 3.05) is 18.0 Å². The Balaban J connectivity index is 0.000000413. The van der Waals surface area contributed by atoms with E-state index in [0.717, 1.165) is 19.5 Å². The zero-order valence-corrected chi connectivity index (χ0v) is 14.0. The zero-order chi connectivity index (χ0) is 18.1. The van der Waals surface area contributed by atoms with Crippen molar-refractivity contribution in [1.82, 2.24) is 0 Å². The molecular formula is C18H24N2O4. The van der Waals surface area contributed by atoms with Gasteiger partial charge in [0.2, 0.25) is 0 Å². The molecule has 2 aromatic carbocycles. The summed E-state index contributed by atoms with van der Waals surface area (Å²) in [6.45, 7) is 6.23. The van der Waals surface area contributed by atoms with Crippen LogP contribution in [0.2, 0.25) is 0 Å². The Labute approximate surface area is 141 Å². The molecule has 130 valence electrons. The summed E-state index contributed by atoms with van der Waals surface area (Å²) in [6.07, 6.45) is 1.02. The van der Waals surface area contributed by atoms with E-state index >= 15 is 0 Å². The van der Waals surface area contributed by atoms with Crippen LogP contribution in [0.1, 0.15) is 20.3 Å². The summed E-state index contributed by atoms with van der Waals surface area (Å²) in [5.41, 5.74) is 7.38. The van der Waals surface area contributed by atoms with Gasteiger partial charge in [-0.05, 0) is 24.8 Å². The molecule has 2 rings (SSSR count). The average molecular weight is 332 g/mol. The topological polar surface area (TPSA) is 104 Å². The molecule has 0 spiro atoms. The summed E-state index contributed by atoms with van der Waals surface area (Å²) in [6, 6.07) is 15.2. The number of carboxylic acids is 2. The number of benzene rings is 2. The van der Waals surface area contributed by atoms with E-state index in [1.54, 1.807) is 0 Å². The van der Waals surface area contributed by atoms with Crippen LogP contribution in [0, 0.1) is 0 Å². The van der Waals surface area contributed by atoms with E-state index in [1.807, 2.05) is 0 Å². The molecule has 0 fully saturated rings. The van der Waals surface area contributed by atoms with Crippen molar-refractivity contribution in [3.05, 3.63) is 42.5 Å². The molecule has 2 aromatic rings. The van der Waals surface area contributed by atoms with Gasteiger partial charge < -0.3 is 20.8 Å². The number of rotatable bonds is 5. The van der Waals surface area contributed by atoms with Crippen LogP contribution in [0.5, 0.6) is 0 Å². The van der Waals surface area contributed by atoms with E-state index in [1.165, 1.54) is 16.5 Å². The highest BCUT2D eigenvalue weighted by atomic mass is 16.4. The quantitative estimate of drug-likeness (QED) is 0.727. The van der Waals surface area contributed by atoms with Crippen molar-refractivity contribution in [1.29, 1.82) is 0 Å². The first-order chi connectivity index (χ1) is 11.4. The van der Waals surface area contributed by atoms with E-state index in [-0.39, 0.29) is 6.04 Å². The maximum absolute atomic E-state index is 9.10. The van der Waals surface area contributed by atoms with Gasteiger partial charge in [0.1, 0.15) is 0 Å². The first-order valence-corrected chi connectivity index (χ1v) is 7.85. The lowest BCUT2D eigenvalue weighted by Crippen LogP contribution is -2.37. The molecule has 0 aliphatic carbocycles. The van der Waals surface area contributed by atoms with Crippen LogP contribution < -0.4 is 10.6 Å².